The molecular weight excluding hydrogens is 432 g/mol. The van der Waals surface area contributed by atoms with E-state index in [1.165, 1.54) is 0 Å². The number of amides is 2. The van der Waals surface area contributed by atoms with E-state index in [9.17, 15) is 9.59 Å². The van der Waals surface area contributed by atoms with E-state index >= 15 is 0 Å². The topological polar surface area (TPSA) is 97.6 Å². The van der Waals surface area contributed by atoms with Crippen LogP contribution < -0.4 is 15.0 Å². The average Bonchev–Trinajstić information content (AvgIpc) is 3.34. The highest BCUT2D eigenvalue weighted by molar-refractivity contribution is 5.97. The van der Waals surface area contributed by atoms with Crippen molar-refractivity contribution in [3.63, 3.8) is 0 Å². The van der Waals surface area contributed by atoms with Gasteiger partial charge < -0.3 is 19.4 Å². The molecule has 178 valence electrons. The Morgan fingerprint density at radius 1 is 1.09 bits per heavy atom. The number of hydrogen-bond acceptors (Lipinski definition) is 6. The van der Waals surface area contributed by atoms with Crippen molar-refractivity contribution in [1.29, 1.82) is 0 Å². The maximum atomic E-state index is 13.2. The molecule has 8 nitrogen and oxygen atoms in total. The van der Waals surface area contributed by atoms with Crippen molar-refractivity contribution < 1.29 is 18.7 Å². The number of rotatable bonds is 8. The quantitative estimate of drug-likeness (QED) is 0.542. The van der Waals surface area contributed by atoms with Gasteiger partial charge in [0.2, 0.25) is 17.7 Å². The Kier molecular flexibility index (Phi) is 7.25. The molecule has 0 saturated heterocycles. The molecule has 1 aliphatic heterocycles. The minimum atomic E-state index is -0.768. The first-order valence-electron chi connectivity index (χ1n) is 11.7. The second kappa shape index (κ2) is 10.5. The predicted octanol–water partition coefficient (Wildman–Crippen LogP) is 4.08. The summed E-state index contributed by atoms with van der Waals surface area (Å²) in [7, 11) is 0. The molecule has 3 aromatic rings. The Balaban J connectivity index is 1.44. The fourth-order valence-corrected chi connectivity index (χ4v) is 3.91. The van der Waals surface area contributed by atoms with E-state index < -0.39 is 6.10 Å². The fraction of sp³-hybridized carbons (Fsp3) is 0.385. The van der Waals surface area contributed by atoms with Gasteiger partial charge in [0.1, 0.15) is 5.75 Å². The molecule has 0 fully saturated rings. The summed E-state index contributed by atoms with van der Waals surface area (Å²) >= 11 is 0. The van der Waals surface area contributed by atoms with Gasteiger partial charge in [-0.25, -0.2) is 0 Å². The number of carbonyl (C=O) groups is 2. The molecule has 1 aliphatic rings. The summed E-state index contributed by atoms with van der Waals surface area (Å²) in [4.78, 5) is 27.7. The number of para-hydroxylation sites is 2. The van der Waals surface area contributed by atoms with Crippen LogP contribution in [-0.2, 0) is 16.0 Å². The molecule has 1 atom stereocenters. The van der Waals surface area contributed by atoms with E-state index in [-0.39, 0.29) is 30.8 Å². The van der Waals surface area contributed by atoms with E-state index in [1.54, 1.807) is 11.0 Å². The van der Waals surface area contributed by atoms with Gasteiger partial charge in [0.05, 0.1) is 12.2 Å². The van der Waals surface area contributed by atoms with Crippen molar-refractivity contribution in [3.05, 3.63) is 60.0 Å². The van der Waals surface area contributed by atoms with Crippen LogP contribution >= 0.6 is 0 Å². The van der Waals surface area contributed by atoms with Gasteiger partial charge in [-0.05, 0) is 44.0 Å². The van der Waals surface area contributed by atoms with E-state index in [2.05, 4.69) is 15.5 Å². The number of fused-ring (bicyclic) bond motifs is 1. The van der Waals surface area contributed by atoms with Gasteiger partial charge >= 0.3 is 0 Å². The predicted molar refractivity (Wildman–Crippen MR) is 129 cm³/mol. The highest BCUT2D eigenvalue weighted by Crippen LogP contribution is 2.33. The van der Waals surface area contributed by atoms with Crippen molar-refractivity contribution in [3.8, 4) is 17.2 Å². The lowest BCUT2D eigenvalue weighted by atomic mass is 10.1. The van der Waals surface area contributed by atoms with Crippen molar-refractivity contribution in [1.82, 2.24) is 15.5 Å². The molecule has 0 saturated carbocycles. The molecule has 0 spiro atoms. The molecular formula is C26H30N4O4. The third kappa shape index (κ3) is 5.27. The standard InChI is InChI=1S/C26H30N4O4/c1-4-19(5-2)27-25(32)22-16-30(20-8-6-7-9-21(20)33-22)24(31)15-14-23-28-29-26(34-23)18-12-10-17(3)11-13-18/h6-13,19,22H,4-5,14-16H2,1-3H3,(H,27,32). The summed E-state index contributed by atoms with van der Waals surface area (Å²) in [6.07, 6.45) is 1.38. The van der Waals surface area contributed by atoms with Crippen LogP contribution in [0.2, 0.25) is 0 Å². The number of anilines is 1. The van der Waals surface area contributed by atoms with E-state index in [4.69, 9.17) is 9.15 Å². The minimum absolute atomic E-state index is 0.0812. The Bertz CT molecular complexity index is 1140. The number of aromatic nitrogens is 2. The zero-order chi connectivity index (χ0) is 24.1. The number of carbonyl (C=O) groups excluding carboxylic acids is 2. The summed E-state index contributed by atoms with van der Waals surface area (Å²) in [5.41, 5.74) is 2.64. The number of hydrogen-bond donors (Lipinski definition) is 1. The van der Waals surface area contributed by atoms with E-state index in [0.717, 1.165) is 24.0 Å². The molecule has 8 heteroatoms. The first kappa shape index (κ1) is 23.5. The van der Waals surface area contributed by atoms with Crippen LogP contribution in [-0.4, -0.2) is 40.7 Å². The van der Waals surface area contributed by atoms with Crippen molar-refractivity contribution in [2.75, 3.05) is 11.4 Å². The summed E-state index contributed by atoms with van der Waals surface area (Å²) in [6, 6.07) is 15.2. The molecule has 2 aromatic carbocycles. The van der Waals surface area contributed by atoms with E-state index in [0.29, 0.717) is 29.6 Å². The fourth-order valence-electron chi connectivity index (χ4n) is 3.91. The molecule has 4 rings (SSSR count). The molecule has 2 amide bonds. The first-order valence-corrected chi connectivity index (χ1v) is 11.7. The lowest BCUT2D eigenvalue weighted by molar-refractivity contribution is -0.129. The number of nitrogens with zero attached hydrogens (tertiary/aromatic N) is 3. The highest BCUT2D eigenvalue weighted by atomic mass is 16.5. The number of ether oxygens (including phenoxy) is 1. The van der Waals surface area contributed by atoms with Crippen LogP contribution in [0.25, 0.3) is 11.5 Å². The summed E-state index contributed by atoms with van der Waals surface area (Å²) < 4.78 is 11.7. The molecule has 1 unspecified atom stereocenters. The Labute approximate surface area is 199 Å². The Morgan fingerprint density at radius 3 is 2.56 bits per heavy atom. The van der Waals surface area contributed by atoms with Gasteiger partial charge in [0, 0.05) is 24.4 Å². The van der Waals surface area contributed by atoms with Crippen LogP contribution in [0.15, 0.2) is 52.9 Å². The molecule has 34 heavy (non-hydrogen) atoms. The normalized spacial score (nSPS) is 15.1. The van der Waals surface area contributed by atoms with Gasteiger partial charge in [-0.15, -0.1) is 10.2 Å². The zero-order valence-corrected chi connectivity index (χ0v) is 19.8. The maximum absolute atomic E-state index is 13.2. The van der Waals surface area contributed by atoms with Crippen LogP contribution in [0.3, 0.4) is 0 Å². The van der Waals surface area contributed by atoms with Crippen molar-refractivity contribution >= 4 is 17.5 Å². The third-order valence-corrected chi connectivity index (χ3v) is 6.02. The van der Waals surface area contributed by atoms with Gasteiger partial charge in [0.25, 0.3) is 5.91 Å². The zero-order valence-electron chi connectivity index (χ0n) is 19.8. The second-order valence-corrected chi connectivity index (χ2v) is 8.47. The largest absolute Gasteiger partial charge is 0.477 e. The average molecular weight is 463 g/mol. The molecule has 1 aromatic heterocycles. The van der Waals surface area contributed by atoms with Gasteiger partial charge in [-0.1, -0.05) is 43.7 Å². The monoisotopic (exact) mass is 462 g/mol. The molecule has 0 bridgehead atoms. The maximum Gasteiger partial charge on any atom is 0.263 e. The highest BCUT2D eigenvalue weighted by Gasteiger charge is 2.34. The molecule has 0 aliphatic carbocycles. The number of nitrogens with one attached hydrogen (secondary N) is 1. The van der Waals surface area contributed by atoms with Crippen LogP contribution in [0.5, 0.6) is 5.75 Å². The summed E-state index contributed by atoms with van der Waals surface area (Å²) in [6.45, 7) is 6.23. The SMILES string of the molecule is CCC(CC)NC(=O)C1CN(C(=O)CCc2nnc(-c3ccc(C)cc3)o2)c2ccccc2O1. The molecule has 0 radical (unpaired) electrons. The Morgan fingerprint density at radius 2 is 1.82 bits per heavy atom. The van der Waals surface area contributed by atoms with Gasteiger partial charge in [0.15, 0.2) is 6.10 Å². The Hall–Kier alpha value is -3.68. The van der Waals surface area contributed by atoms with Crippen LogP contribution in [0.1, 0.15) is 44.6 Å². The van der Waals surface area contributed by atoms with Crippen LogP contribution in [0, 0.1) is 6.92 Å². The minimum Gasteiger partial charge on any atom is -0.477 e. The lowest BCUT2D eigenvalue weighted by Crippen LogP contribution is -2.52. The third-order valence-electron chi connectivity index (χ3n) is 6.02. The molecule has 1 N–H and O–H groups in total. The number of benzene rings is 2. The van der Waals surface area contributed by atoms with Gasteiger partial charge in [-0.2, -0.15) is 0 Å². The summed E-state index contributed by atoms with van der Waals surface area (Å²) in [5.74, 6) is 1.00. The molecule has 2 heterocycles. The first-order chi connectivity index (χ1) is 16.5. The smallest absolute Gasteiger partial charge is 0.263 e. The van der Waals surface area contributed by atoms with Crippen molar-refractivity contribution in [2.45, 2.75) is 58.6 Å². The van der Waals surface area contributed by atoms with Gasteiger partial charge in [-0.3, -0.25) is 9.59 Å². The lowest BCUT2D eigenvalue weighted by Gasteiger charge is -2.34. The van der Waals surface area contributed by atoms with Crippen LogP contribution in [0.4, 0.5) is 5.69 Å². The van der Waals surface area contributed by atoms with E-state index in [1.807, 2.05) is 63.2 Å². The number of aryl methyl sites for hydroxylation is 2. The second-order valence-electron chi connectivity index (χ2n) is 8.47. The summed E-state index contributed by atoms with van der Waals surface area (Å²) in [5, 5.41) is 11.2. The van der Waals surface area contributed by atoms with Crippen molar-refractivity contribution in [2.24, 2.45) is 0 Å².